The van der Waals surface area contributed by atoms with Gasteiger partial charge in [0.2, 0.25) is 5.82 Å². The molecule has 2 aromatic rings. The zero-order valence-electron chi connectivity index (χ0n) is 17.8. The number of morpholine rings is 1. The van der Waals surface area contributed by atoms with Crippen molar-refractivity contribution in [3.05, 3.63) is 51.5 Å². The number of nitrogens with zero attached hydrogens (tertiary/aromatic N) is 5. The molecule has 2 heterocycles. The molecular formula is C20H18F5N5O3S. The number of anilines is 1. The van der Waals surface area contributed by atoms with Gasteiger partial charge in [0.1, 0.15) is 22.7 Å². The Bertz CT molecular complexity index is 1180. The zero-order chi connectivity index (χ0) is 25.2. The second-order valence-electron chi connectivity index (χ2n) is 7.12. The Hall–Kier alpha value is -3.18. The number of ether oxygens (including phenoxy) is 1. The van der Waals surface area contributed by atoms with Gasteiger partial charge in [-0.1, -0.05) is 5.37 Å². The molecule has 0 radical (unpaired) electrons. The van der Waals surface area contributed by atoms with E-state index in [-0.39, 0.29) is 35.4 Å². The van der Waals surface area contributed by atoms with E-state index in [0.717, 1.165) is 17.0 Å². The molecule has 0 N–H and O–H groups in total. The fraction of sp³-hybridized carbons (Fsp3) is 0.400. The van der Waals surface area contributed by atoms with Gasteiger partial charge in [0.15, 0.2) is 11.8 Å². The van der Waals surface area contributed by atoms with E-state index >= 15 is 0 Å². The highest BCUT2D eigenvalue weighted by molar-refractivity contribution is 8.15. The molecule has 34 heavy (non-hydrogen) atoms. The molecule has 0 bridgehead atoms. The molecule has 1 fully saturated rings. The summed E-state index contributed by atoms with van der Waals surface area (Å²) in [7, 11) is -1.42. The Morgan fingerprint density at radius 2 is 2.09 bits per heavy atom. The van der Waals surface area contributed by atoms with Crippen LogP contribution in [-0.4, -0.2) is 52.2 Å². The molecule has 182 valence electrons. The van der Waals surface area contributed by atoms with Crippen molar-refractivity contribution in [3.8, 4) is 6.07 Å². The van der Waals surface area contributed by atoms with Crippen molar-refractivity contribution in [2.45, 2.75) is 36.3 Å². The van der Waals surface area contributed by atoms with Gasteiger partial charge in [0.25, 0.3) is 0 Å². The predicted octanol–water partition coefficient (Wildman–Crippen LogP) is 4.45. The van der Waals surface area contributed by atoms with Crippen LogP contribution in [-0.2, 0) is 4.74 Å². The number of hydrogen-bond donors (Lipinski definition) is 0. The van der Waals surface area contributed by atoms with Crippen molar-refractivity contribution >= 4 is 27.4 Å². The van der Waals surface area contributed by atoms with Gasteiger partial charge in [-0.3, -0.25) is 10.1 Å². The standard InChI is InChI=1S/C20H18F5N5O3S/c1-3-34(14-5-4-12(21)8-13(14)22)15(9-26)17-18(30(31)32)19(28-11(2)27-17)29-6-7-33-16(10-29)20(23,24)25/h3-5,8,15-16H,6-7,10H2,1-2H3/t15?,16-,34?/m0/s1. The molecule has 14 heteroatoms. The van der Waals surface area contributed by atoms with Crippen molar-refractivity contribution in [3.63, 3.8) is 0 Å². The first kappa shape index (κ1) is 25.4. The summed E-state index contributed by atoms with van der Waals surface area (Å²) in [5, 5.41) is 22.0. The summed E-state index contributed by atoms with van der Waals surface area (Å²) >= 11 is 0. The number of aryl methyl sites for hydroxylation is 1. The summed E-state index contributed by atoms with van der Waals surface area (Å²) in [5.41, 5.74) is -1.11. The van der Waals surface area contributed by atoms with Crippen molar-refractivity contribution in [2.24, 2.45) is 0 Å². The summed E-state index contributed by atoms with van der Waals surface area (Å²) in [6, 6.07) is 4.65. The summed E-state index contributed by atoms with van der Waals surface area (Å²) in [6.45, 7) is 1.68. The third-order valence-electron chi connectivity index (χ3n) is 4.94. The number of halogens is 5. The van der Waals surface area contributed by atoms with Gasteiger partial charge < -0.3 is 9.64 Å². The second-order valence-corrected chi connectivity index (χ2v) is 9.25. The first-order valence-electron chi connectivity index (χ1n) is 9.80. The summed E-state index contributed by atoms with van der Waals surface area (Å²) < 4.78 is 72.3. The van der Waals surface area contributed by atoms with E-state index in [9.17, 15) is 37.3 Å². The highest BCUT2D eigenvalue weighted by Crippen LogP contribution is 2.46. The summed E-state index contributed by atoms with van der Waals surface area (Å²) in [5.74, 6) is -2.20. The molecule has 2 unspecified atom stereocenters. The second kappa shape index (κ2) is 9.98. The normalized spacial score (nSPS) is 18.4. The van der Waals surface area contributed by atoms with Crippen molar-refractivity contribution < 1.29 is 31.6 Å². The average Bonchev–Trinajstić information content (AvgIpc) is 2.76. The number of rotatable bonds is 5. The van der Waals surface area contributed by atoms with Crippen LogP contribution < -0.4 is 4.90 Å². The monoisotopic (exact) mass is 503 g/mol. The Kier molecular flexibility index (Phi) is 7.47. The van der Waals surface area contributed by atoms with Gasteiger partial charge >= 0.3 is 11.9 Å². The maximum atomic E-state index is 14.5. The van der Waals surface area contributed by atoms with E-state index in [4.69, 9.17) is 4.74 Å². The minimum atomic E-state index is -4.70. The Balaban J connectivity index is 2.17. The van der Waals surface area contributed by atoms with Crippen LogP contribution in [0.5, 0.6) is 0 Å². The molecule has 3 atom stereocenters. The lowest BCUT2D eigenvalue weighted by Gasteiger charge is -2.34. The van der Waals surface area contributed by atoms with Gasteiger partial charge in [0.05, 0.1) is 24.1 Å². The highest BCUT2D eigenvalue weighted by atomic mass is 32.2. The van der Waals surface area contributed by atoms with E-state index in [1.165, 1.54) is 19.2 Å². The lowest BCUT2D eigenvalue weighted by Crippen LogP contribution is -2.49. The molecule has 1 aliphatic heterocycles. The van der Waals surface area contributed by atoms with Crippen LogP contribution in [0.1, 0.15) is 23.7 Å². The maximum absolute atomic E-state index is 14.5. The minimum Gasteiger partial charge on any atom is -0.365 e. The Morgan fingerprint density at radius 3 is 2.65 bits per heavy atom. The smallest absolute Gasteiger partial charge is 0.365 e. The molecule has 0 spiro atoms. The Morgan fingerprint density at radius 1 is 1.38 bits per heavy atom. The van der Waals surface area contributed by atoms with Crippen LogP contribution in [0.25, 0.3) is 0 Å². The SMILES string of the molecule is C/C=S(\c1ccc(F)cc1F)C(C#N)c1nc(C)nc(N2CCO[C@H](C(F)(F)F)C2)c1[N+](=O)[O-]. The topological polar surface area (TPSA) is 105 Å². The van der Waals surface area contributed by atoms with Gasteiger partial charge in [-0.2, -0.15) is 18.4 Å². The number of alkyl halides is 3. The van der Waals surface area contributed by atoms with Gasteiger partial charge in [-0.25, -0.2) is 18.7 Å². The summed E-state index contributed by atoms with van der Waals surface area (Å²) in [4.78, 5) is 20.3. The average molecular weight is 503 g/mol. The van der Waals surface area contributed by atoms with Gasteiger partial charge in [-0.05, 0) is 26.0 Å². The first-order valence-corrected chi connectivity index (χ1v) is 11.1. The van der Waals surface area contributed by atoms with Crippen LogP contribution in [0.4, 0.5) is 33.5 Å². The van der Waals surface area contributed by atoms with Crippen molar-refractivity contribution in [2.75, 3.05) is 24.6 Å². The quantitative estimate of drug-likeness (QED) is 0.257. The van der Waals surface area contributed by atoms with E-state index in [2.05, 4.69) is 9.97 Å². The predicted molar refractivity (Wildman–Crippen MR) is 114 cm³/mol. The minimum absolute atomic E-state index is 0.0230. The van der Waals surface area contributed by atoms with Crippen LogP contribution in [0.2, 0.25) is 0 Å². The fourth-order valence-electron chi connectivity index (χ4n) is 3.49. The molecule has 0 amide bonds. The molecule has 0 aliphatic carbocycles. The van der Waals surface area contributed by atoms with Gasteiger partial charge in [0, 0.05) is 17.5 Å². The maximum Gasteiger partial charge on any atom is 0.416 e. The van der Waals surface area contributed by atoms with E-state index in [0.29, 0.717) is 6.07 Å². The molecule has 3 rings (SSSR count). The first-order chi connectivity index (χ1) is 16.0. The fourth-order valence-corrected chi connectivity index (χ4v) is 5.29. The largest absolute Gasteiger partial charge is 0.416 e. The molecule has 1 aromatic heterocycles. The number of benzene rings is 1. The zero-order valence-corrected chi connectivity index (χ0v) is 18.7. The van der Waals surface area contributed by atoms with Crippen molar-refractivity contribution in [1.82, 2.24) is 9.97 Å². The number of aromatic nitrogens is 2. The van der Waals surface area contributed by atoms with Crippen LogP contribution in [0, 0.1) is 40.0 Å². The van der Waals surface area contributed by atoms with E-state index < -0.39 is 56.8 Å². The lowest BCUT2D eigenvalue weighted by molar-refractivity contribution is -0.385. The van der Waals surface area contributed by atoms with Crippen molar-refractivity contribution in [1.29, 1.82) is 5.26 Å². The molecule has 1 aromatic carbocycles. The molecule has 8 nitrogen and oxygen atoms in total. The third-order valence-corrected chi connectivity index (χ3v) is 7.12. The number of nitro groups is 1. The van der Waals surface area contributed by atoms with Crippen LogP contribution >= 0.6 is 10.5 Å². The lowest BCUT2D eigenvalue weighted by atomic mass is 10.2. The molecular weight excluding hydrogens is 485 g/mol. The third kappa shape index (κ3) is 5.15. The van der Waals surface area contributed by atoms with Gasteiger partial charge in [-0.15, -0.1) is 10.5 Å². The van der Waals surface area contributed by atoms with E-state index in [1.807, 2.05) is 6.07 Å². The molecule has 1 saturated heterocycles. The van der Waals surface area contributed by atoms with E-state index in [1.54, 1.807) is 0 Å². The van der Waals surface area contributed by atoms with Crippen LogP contribution in [0.3, 0.4) is 0 Å². The highest BCUT2D eigenvalue weighted by Gasteiger charge is 2.45. The van der Waals surface area contributed by atoms with Crippen LogP contribution in [0.15, 0.2) is 23.1 Å². The Labute approximate surface area is 193 Å². The number of nitriles is 1. The number of hydrogen-bond acceptors (Lipinski definition) is 7. The molecule has 1 aliphatic rings. The molecule has 0 saturated carbocycles. The summed E-state index contributed by atoms with van der Waals surface area (Å²) in [6.07, 6.45) is -6.88.